The van der Waals surface area contributed by atoms with Crippen LogP contribution in [-0.4, -0.2) is 30.0 Å². The molecule has 0 atom stereocenters. The molecule has 0 spiro atoms. The van der Waals surface area contributed by atoms with Crippen LogP contribution in [0.3, 0.4) is 0 Å². The number of nitrogens with zero attached hydrogens (tertiary/aromatic N) is 2. The van der Waals surface area contributed by atoms with Crippen molar-refractivity contribution in [2.75, 3.05) is 20.2 Å². The summed E-state index contributed by atoms with van der Waals surface area (Å²) >= 11 is 0. The molecule has 1 rings (SSSR count). The highest BCUT2D eigenvalue weighted by Crippen LogP contribution is 2.25. The first-order chi connectivity index (χ1) is 9.12. The van der Waals surface area contributed by atoms with Gasteiger partial charge in [-0.2, -0.15) is 0 Å². The Balaban J connectivity index is 2.89. The van der Waals surface area contributed by atoms with Crippen LogP contribution in [0.15, 0.2) is 18.2 Å². The van der Waals surface area contributed by atoms with Gasteiger partial charge in [0.25, 0.3) is 5.69 Å². The number of unbranched alkanes of at least 4 members (excludes halogenated alkanes) is 1. The minimum Gasteiger partial charge on any atom is -0.496 e. The van der Waals surface area contributed by atoms with Crippen LogP contribution in [0.2, 0.25) is 0 Å². The van der Waals surface area contributed by atoms with E-state index >= 15 is 0 Å². The number of benzene rings is 1. The molecule has 0 amide bonds. The van der Waals surface area contributed by atoms with E-state index in [0.29, 0.717) is 12.3 Å². The van der Waals surface area contributed by atoms with E-state index in [2.05, 4.69) is 18.7 Å². The van der Waals surface area contributed by atoms with Crippen molar-refractivity contribution in [2.45, 2.75) is 33.2 Å². The fraction of sp³-hybridized carbons (Fsp3) is 0.571. The summed E-state index contributed by atoms with van der Waals surface area (Å²) in [6.45, 7) is 6.85. The lowest BCUT2D eigenvalue weighted by Crippen LogP contribution is -2.24. The highest BCUT2D eigenvalue weighted by atomic mass is 16.6. The van der Waals surface area contributed by atoms with E-state index in [0.717, 1.165) is 31.5 Å². The highest BCUT2D eigenvalue weighted by molar-refractivity contribution is 5.43. The van der Waals surface area contributed by atoms with Crippen LogP contribution in [0, 0.1) is 10.1 Å². The Kier molecular flexibility index (Phi) is 6.29. The molecule has 0 saturated heterocycles. The van der Waals surface area contributed by atoms with Crippen molar-refractivity contribution in [3.8, 4) is 5.75 Å². The number of rotatable bonds is 8. The van der Waals surface area contributed by atoms with Crippen LogP contribution >= 0.6 is 0 Å². The van der Waals surface area contributed by atoms with Crippen molar-refractivity contribution in [3.05, 3.63) is 33.9 Å². The van der Waals surface area contributed by atoms with Gasteiger partial charge in [0.15, 0.2) is 0 Å². The van der Waals surface area contributed by atoms with Crippen LogP contribution in [0.25, 0.3) is 0 Å². The van der Waals surface area contributed by atoms with Gasteiger partial charge >= 0.3 is 0 Å². The Morgan fingerprint density at radius 3 is 2.63 bits per heavy atom. The molecule has 0 radical (unpaired) electrons. The van der Waals surface area contributed by atoms with Gasteiger partial charge in [-0.15, -0.1) is 0 Å². The number of nitro groups is 1. The van der Waals surface area contributed by atoms with Crippen LogP contribution in [0.4, 0.5) is 5.69 Å². The lowest BCUT2D eigenvalue weighted by molar-refractivity contribution is -0.384. The second-order valence-corrected chi connectivity index (χ2v) is 4.48. The van der Waals surface area contributed by atoms with Gasteiger partial charge in [-0.25, -0.2) is 0 Å². The fourth-order valence-electron chi connectivity index (χ4n) is 1.97. The number of ether oxygens (including phenoxy) is 1. The summed E-state index contributed by atoms with van der Waals surface area (Å²) in [5, 5.41) is 10.8. The summed E-state index contributed by atoms with van der Waals surface area (Å²) in [6, 6.07) is 4.75. The van der Waals surface area contributed by atoms with Crippen LogP contribution < -0.4 is 4.74 Å². The highest BCUT2D eigenvalue weighted by Gasteiger charge is 2.13. The molecule has 0 heterocycles. The van der Waals surface area contributed by atoms with Gasteiger partial charge in [0.1, 0.15) is 5.75 Å². The molecule has 1 aromatic carbocycles. The van der Waals surface area contributed by atoms with Crippen molar-refractivity contribution < 1.29 is 9.66 Å². The van der Waals surface area contributed by atoms with Crippen molar-refractivity contribution >= 4 is 5.69 Å². The molecule has 5 heteroatoms. The van der Waals surface area contributed by atoms with Crippen molar-refractivity contribution in [1.29, 1.82) is 0 Å². The molecule has 0 N–H and O–H groups in total. The third kappa shape index (κ3) is 4.52. The molecule has 5 nitrogen and oxygen atoms in total. The Hall–Kier alpha value is -1.62. The van der Waals surface area contributed by atoms with E-state index in [1.54, 1.807) is 19.2 Å². The molecule has 19 heavy (non-hydrogen) atoms. The Morgan fingerprint density at radius 1 is 1.37 bits per heavy atom. The molecule has 0 aromatic heterocycles. The van der Waals surface area contributed by atoms with Gasteiger partial charge in [-0.3, -0.25) is 15.0 Å². The van der Waals surface area contributed by atoms with Crippen LogP contribution in [0.1, 0.15) is 32.3 Å². The summed E-state index contributed by atoms with van der Waals surface area (Å²) in [5.74, 6) is 0.709. The standard InChI is InChI=1S/C14H22N2O3/c1-4-6-9-15(5-2)11-12-10-13(16(17)18)7-8-14(12)19-3/h7-8,10H,4-6,9,11H2,1-3H3. The van der Waals surface area contributed by atoms with E-state index in [1.165, 1.54) is 6.07 Å². The van der Waals surface area contributed by atoms with Crippen LogP contribution in [0.5, 0.6) is 5.75 Å². The van der Waals surface area contributed by atoms with E-state index in [4.69, 9.17) is 4.74 Å². The summed E-state index contributed by atoms with van der Waals surface area (Å²) in [6.07, 6.45) is 2.27. The van der Waals surface area contributed by atoms with Gasteiger partial charge in [0.2, 0.25) is 0 Å². The zero-order valence-corrected chi connectivity index (χ0v) is 11.9. The SMILES string of the molecule is CCCCN(CC)Cc1cc([N+](=O)[O-])ccc1OC. The van der Waals surface area contributed by atoms with E-state index in [1.807, 2.05) is 0 Å². The first-order valence-electron chi connectivity index (χ1n) is 6.66. The third-order valence-corrected chi connectivity index (χ3v) is 3.14. The number of nitro benzene ring substituents is 1. The Labute approximate surface area is 114 Å². The molecule has 106 valence electrons. The number of hydrogen-bond acceptors (Lipinski definition) is 4. The smallest absolute Gasteiger partial charge is 0.270 e. The van der Waals surface area contributed by atoms with Gasteiger partial charge in [0.05, 0.1) is 12.0 Å². The topological polar surface area (TPSA) is 55.6 Å². The molecule has 0 bridgehead atoms. The molecule has 0 unspecified atom stereocenters. The zero-order valence-electron chi connectivity index (χ0n) is 11.9. The Bertz CT molecular complexity index is 421. The molecular formula is C14H22N2O3. The van der Waals surface area contributed by atoms with E-state index in [9.17, 15) is 10.1 Å². The largest absolute Gasteiger partial charge is 0.496 e. The maximum absolute atomic E-state index is 10.8. The summed E-state index contributed by atoms with van der Waals surface area (Å²) in [7, 11) is 1.59. The average Bonchev–Trinajstić information content (AvgIpc) is 2.43. The first-order valence-corrected chi connectivity index (χ1v) is 6.66. The minimum atomic E-state index is -0.370. The molecule has 0 fully saturated rings. The minimum absolute atomic E-state index is 0.113. The van der Waals surface area contributed by atoms with Gasteiger partial charge < -0.3 is 4.74 Å². The maximum Gasteiger partial charge on any atom is 0.270 e. The summed E-state index contributed by atoms with van der Waals surface area (Å²) < 4.78 is 5.28. The second kappa shape index (κ2) is 7.74. The molecule has 1 aromatic rings. The lowest BCUT2D eigenvalue weighted by atomic mass is 10.1. The quantitative estimate of drug-likeness (QED) is 0.535. The van der Waals surface area contributed by atoms with Gasteiger partial charge in [-0.05, 0) is 25.6 Å². The number of methoxy groups -OCH3 is 1. The predicted molar refractivity (Wildman–Crippen MR) is 75.5 cm³/mol. The second-order valence-electron chi connectivity index (χ2n) is 4.48. The third-order valence-electron chi connectivity index (χ3n) is 3.14. The van der Waals surface area contributed by atoms with Crippen molar-refractivity contribution in [2.24, 2.45) is 0 Å². The number of non-ortho nitro benzene ring substituents is 1. The number of hydrogen-bond donors (Lipinski definition) is 0. The van der Waals surface area contributed by atoms with Crippen LogP contribution in [-0.2, 0) is 6.54 Å². The molecular weight excluding hydrogens is 244 g/mol. The van der Waals surface area contributed by atoms with Crippen molar-refractivity contribution in [1.82, 2.24) is 4.90 Å². The normalized spacial score (nSPS) is 10.7. The first kappa shape index (κ1) is 15.4. The van der Waals surface area contributed by atoms with Gasteiger partial charge in [-0.1, -0.05) is 20.3 Å². The molecule has 0 aliphatic rings. The maximum atomic E-state index is 10.8. The summed E-state index contributed by atoms with van der Waals surface area (Å²) in [4.78, 5) is 12.7. The van der Waals surface area contributed by atoms with Gasteiger partial charge in [0, 0.05) is 24.2 Å². The fourth-order valence-corrected chi connectivity index (χ4v) is 1.97. The lowest BCUT2D eigenvalue weighted by Gasteiger charge is -2.21. The summed E-state index contributed by atoms with van der Waals surface area (Å²) in [5.41, 5.74) is 0.983. The predicted octanol–water partition coefficient (Wildman–Crippen LogP) is 3.23. The van der Waals surface area contributed by atoms with E-state index in [-0.39, 0.29) is 10.6 Å². The average molecular weight is 266 g/mol. The van der Waals surface area contributed by atoms with Crippen molar-refractivity contribution in [3.63, 3.8) is 0 Å². The molecule has 0 aliphatic heterocycles. The monoisotopic (exact) mass is 266 g/mol. The Morgan fingerprint density at radius 2 is 2.11 bits per heavy atom. The van der Waals surface area contributed by atoms with E-state index < -0.39 is 0 Å². The molecule has 0 aliphatic carbocycles. The molecule has 0 saturated carbocycles. The zero-order chi connectivity index (χ0) is 14.3.